The van der Waals surface area contributed by atoms with E-state index in [0.29, 0.717) is 10.8 Å². The minimum absolute atomic E-state index is 0.143. The number of nitrogens with two attached hydrogens (primary N) is 1. The van der Waals surface area contributed by atoms with Gasteiger partial charge >= 0.3 is 0 Å². The monoisotopic (exact) mass is 394 g/mol. The summed E-state index contributed by atoms with van der Waals surface area (Å²) in [4.78, 5) is 10.1. The summed E-state index contributed by atoms with van der Waals surface area (Å²) in [7, 11) is 3.29. The van der Waals surface area contributed by atoms with Crippen molar-refractivity contribution in [1.29, 1.82) is 0 Å². The first kappa shape index (κ1) is 17.2. The molecule has 3 N–H and O–H groups in total. The Bertz CT molecular complexity index is 861. The van der Waals surface area contributed by atoms with Crippen molar-refractivity contribution in [2.45, 2.75) is 9.79 Å². The number of nitrogens with one attached hydrogen (secondary N) is 1. The zero-order chi connectivity index (χ0) is 16.9. The molecule has 4 nitrogen and oxygen atoms in total. The largest absolute Gasteiger partial charge is 0.399 e. The summed E-state index contributed by atoms with van der Waals surface area (Å²) in [6, 6.07) is 15.7. The van der Waals surface area contributed by atoms with Crippen molar-refractivity contribution < 1.29 is 0 Å². The molecular formula is C16H12Cl2N4S2. The molecule has 0 amide bonds. The molecule has 3 rings (SSSR count). The van der Waals surface area contributed by atoms with Gasteiger partial charge in [0.05, 0.1) is 6.20 Å². The van der Waals surface area contributed by atoms with Crippen LogP contribution in [0.1, 0.15) is 0 Å². The molecule has 0 radical (unpaired) electrons. The lowest BCUT2D eigenvalue weighted by atomic mass is 10.3. The van der Waals surface area contributed by atoms with Gasteiger partial charge in [-0.1, -0.05) is 45.3 Å². The summed E-state index contributed by atoms with van der Waals surface area (Å²) >= 11 is 11.9. The Balaban J connectivity index is 1.71. The highest BCUT2D eigenvalue weighted by atomic mass is 35.5. The summed E-state index contributed by atoms with van der Waals surface area (Å²) in [5.41, 5.74) is 7.42. The van der Waals surface area contributed by atoms with E-state index in [4.69, 9.17) is 28.9 Å². The number of anilines is 3. The SMILES string of the molecule is Nc1cccc(SSc2cccc(Nc3nc(Cl)ncc3Cl)c2)c1. The molecule has 0 unspecified atom stereocenters. The molecule has 2 aromatic carbocycles. The molecule has 0 fully saturated rings. The third-order valence-corrected chi connectivity index (χ3v) is 5.74. The zero-order valence-corrected chi connectivity index (χ0v) is 15.4. The molecule has 24 heavy (non-hydrogen) atoms. The Morgan fingerprint density at radius 1 is 0.958 bits per heavy atom. The van der Waals surface area contributed by atoms with Crippen LogP contribution in [0.15, 0.2) is 64.5 Å². The number of benzene rings is 2. The van der Waals surface area contributed by atoms with Crippen LogP contribution in [0.25, 0.3) is 0 Å². The summed E-state index contributed by atoms with van der Waals surface area (Å²) in [6.07, 6.45) is 1.47. The van der Waals surface area contributed by atoms with Crippen LogP contribution in [0.4, 0.5) is 17.2 Å². The lowest BCUT2D eigenvalue weighted by Crippen LogP contribution is -1.96. The molecule has 0 aliphatic heterocycles. The van der Waals surface area contributed by atoms with Gasteiger partial charge in [0.1, 0.15) is 5.02 Å². The molecule has 0 atom stereocenters. The van der Waals surface area contributed by atoms with E-state index in [0.717, 1.165) is 21.2 Å². The van der Waals surface area contributed by atoms with Gasteiger partial charge in [-0.05, 0) is 48.0 Å². The predicted octanol–water partition coefficient (Wildman–Crippen LogP) is 5.91. The van der Waals surface area contributed by atoms with Gasteiger partial charge in [-0.2, -0.15) is 4.98 Å². The molecule has 1 heterocycles. The molecule has 1 aromatic heterocycles. The van der Waals surface area contributed by atoms with Gasteiger partial charge in [-0.3, -0.25) is 0 Å². The fraction of sp³-hybridized carbons (Fsp3) is 0. The van der Waals surface area contributed by atoms with Gasteiger partial charge in [-0.15, -0.1) is 0 Å². The maximum absolute atomic E-state index is 6.07. The Kier molecular flexibility index (Phi) is 5.73. The average molecular weight is 395 g/mol. The molecule has 8 heteroatoms. The lowest BCUT2D eigenvalue weighted by Gasteiger charge is -2.09. The Morgan fingerprint density at radius 2 is 1.67 bits per heavy atom. The van der Waals surface area contributed by atoms with E-state index in [2.05, 4.69) is 15.3 Å². The Hall–Kier alpha value is -1.60. The van der Waals surface area contributed by atoms with Gasteiger partial charge in [-0.25, -0.2) is 4.98 Å². The van der Waals surface area contributed by atoms with Crippen LogP contribution in [0.2, 0.25) is 10.3 Å². The smallest absolute Gasteiger partial charge is 0.224 e. The molecular weight excluding hydrogens is 383 g/mol. The fourth-order valence-corrected chi connectivity index (χ4v) is 4.15. The van der Waals surface area contributed by atoms with Crippen LogP contribution in [-0.2, 0) is 0 Å². The van der Waals surface area contributed by atoms with E-state index in [1.807, 2.05) is 48.5 Å². The molecule has 3 aromatic rings. The van der Waals surface area contributed by atoms with Crippen LogP contribution in [0, 0.1) is 0 Å². The van der Waals surface area contributed by atoms with Crippen molar-refractivity contribution in [2.24, 2.45) is 0 Å². The predicted molar refractivity (Wildman–Crippen MR) is 104 cm³/mol. The molecule has 0 saturated heterocycles. The maximum Gasteiger partial charge on any atom is 0.224 e. The normalized spacial score (nSPS) is 10.6. The highest BCUT2D eigenvalue weighted by Crippen LogP contribution is 2.39. The van der Waals surface area contributed by atoms with Gasteiger partial charge < -0.3 is 11.1 Å². The van der Waals surface area contributed by atoms with Crippen molar-refractivity contribution in [3.05, 3.63) is 65.0 Å². The van der Waals surface area contributed by atoms with E-state index in [1.54, 1.807) is 21.6 Å². The Labute approximate surface area is 157 Å². The summed E-state index contributed by atoms with van der Waals surface area (Å²) in [5, 5.41) is 3.70. The minimum atomic E-state index is 0.143. The quantitative estimate of drug-likeness (QED) is 0.318. The van der Waals surface area contributed by atoms with E-state index in [-0.39, 0.29) is 5.28 Å². The van der Waals surface area contributed by atoms with Gasteiger partial charge in [0.2, 0.25) is 5.28 Å². The van der Waals surface area contributed by atoms with E-state index in [9.17, 15) is 0 Å². The summed E-state index contributed by atoms with van der Waals surface area (Å²) < 4.78 is 0. The average Bonchev–Trinajstić information content (AvgIpc) is 2.57. The molecule has 0 bridgehead atoms. The second-order valence-electron chi connectivity index (χ2n) is 4.73. The molecule has 122 valence electrons. The first-order valence-electron chi connectivity index (χ1n) is 6.85. The first-order valence-corrected chi connectivity index (χ1v) is 9.76. The van der Waals surface area contributed by atoms with Gasteiger partial charge in [0, 0.05) is 21.2 Å². The third-order valence-electron chi connectivity index (χ3n) is 2.90. The van der Waals surface area contributed by atoms with Gasteiger partial charge in [0.15, 0.2) is 5.82 Å². The topological polar surface area (TPSA) is 63.8 Å². The number of hydrogen-bond donors (Lipinski definition) is 2. The van der Waals surface area contributed by atoms with Crippen LogP contribution < -0.4 is 11.1 Å². The number of hydrogen-bond acceptors (Lipinski definition) is 6. The van der Waals surface area contributed by atoms with Crippen molar-refractivity contribution in [1.82, 2.24) is 9.97 Å². The van der Waals surface area contributed by atoms with Gasteiger partial charge in [0.25, 0.3) is 0 Å². The van der Waals surface area contributed by atoms with Crippen molar-refractivity contribution in [3.8, 4) is 0 Å². The Morgan fingerprint density at radius 3 is 2.42 bits per heavy atom. The van der Waals surface area contributed by atoms with Crippen molar-refractivity contribution >= 4 is 62.0 Å². The number of nitrogens with zero attached hydrogens (tertiary/aromatic N) is 2. The lowest BCUT2D eigenvalue weighted by molar-refractivity contribution is 1.17. The highest BCUT2D eigenvalue weighted by Gasteiger charge is 2.06. The first-order chi connectivity index (χ1) is 11.6. The molecule has 0 aliphatic rings. The molecule has 0 saturated carbocycles. The zero-order valence-electron chi connectivity index (χ0n) is 12.2. The highest BCUT2D eigenvalue weighted by molar-refractivity contribution is 8.76. The number of aromatic nitrogens is 2. The van der Waals surface area contributed by atoms with Crippen LogP contribution >= 0.6 is 44.8 Å². The van der Waals surface area contributed by atoms with Crippen LogP contribution in [0.5, 0.6) is 0 Å². The maximum atomic E-state index is 6.07. The summed E-state index contributed by atoms with van der Waals surface area (Å²) in [6.45, 7) is 0. The van der Waals surface area contributed by atoms with Crippen LogP contribution in [-0.4, -0.2) is 9.97 Å². The fourth-order valence-electron chi connectivity index (χ4n) is 1.86. The number of rotatable bonds is 5. The van der Waals surface area contributed by atoms with Crippen molar-refractivity contribution in [2.75, 3.05) is 11.1 Å². The number of nitrogen functional groups attached to an aromatic ring is 1. The standard InChI is InChI=1S/C16H12Cl2N4S2/c17-14-9-20-16(18)22-15(14)21-11-4-2-6-13(8-11)24-23-12-5-1-3-10(19)7-12/h1-9H,19H2,(H,20,21,22). The summed E-state index contributed by atoms with van der Waals surface area (Å²) in [5.74, 6) is 0.474. The third kappa shape index (κ3) is 4.70. The van der Waals surface area contributed by atoms with Crippen LogP contribution in [0.3, 0.4) is 0 Å². The second kappa shape index (κ2) is 7.98. The van der Waals surface area contributed by atoms with E-state index in [1.165, 1.54) is 6.20 Å². The molecule has 0 aliphatic carbocycles. The van der Waals surface area contributed by atoms with Crippen molar-refractivity contribution in [3.63, 3.8) is 0 Å². The number of halogens is 2. The minimum Gasteiger partial charge on any atom is -0.399 e. The second-order valence-corrected chi connectivity index (χ2v) is 7.75. The molecule has 0 spiro atoms. The van der Waals surface area contributed by atoms with E-state index >= 15 is 0 Å². The van der Waals surface area contributed by atoms with E-state index < -0.39 is 0 Å².